The van der Waals surface area contributed by atoms with Crippen molar-refractivity contribution < 1.29 is 8.42 Å². The third-order valence-electron chi connectivity index (χ3n) is 2.65. The Hall–Kier alpha value is -0.950. The maximum Gasteiger partial charge on any atom is 0.242 e. The normalized spacial score (nSPS) is 11.9. The summed E-state index contributed by atoms with van der Waals surface area (Å²) in [5, 5.41) is 3.32. The molecule has 7 heteroatoms. The Morgan fingerprint density at radius 2 is 2.00 bits per heavy atom. The minimum absolute atomic E-state index is 0.249. The van der Waals surface area contributed by atoms with E-state index in [-0.39, 0.29) is 4.90 Å². The summed E-state index contributed by atoms with van der Waals surface area (Å²) in [5.41, 5.74) is 0. The first kappa shape index (κ1) is 14.5. The maximum atomic E-state index is 12.3. The number of hydrogen-bond donors (Lipinski definition) is 0. The van der Waals surface area contributed by atoms with Gasteiger partial charge in [0, 0.05) is 36.6 Å². The fourth-order valence-corrected chi connectivity index (χ4v) is 3.44. The fraction of sp³-hybridized carbons (Fsp3) is 0.250. The molecule has 0 N–H and O–H groups in total. The summed E-state index contributed by atoms with van der Waals surface area (Å²) < 4.78 is 25.9. The molecule has 0 aliphatic rings. The van der Waals surface area contributed by atoms with Crippen LogP contribution in [0.25, 0.3) is 0 Å². The molecule has 0 fully saturated rings. The van der Waals surface area contributed by atoms with Gasteiger partial charge in [0.05, 0.1) is 9.90 Å². The van der Waals surface area contributed by atoms with E-state index in [9.17, 15) is 8.42 Å². The van der Waals surface area contributed by atoms with E-state index in [1.54, 1.807) is 25.4 Å². The van der Waals surface area contributed by atoms with Gasteiger partial charge in [-0.05, 0) is 24.3 Å². The molecule has 102 valence electrons. The number of sulfonamides is 1. The Kier molecular flexibility index (Phi) is 4.57. The van der Waals surface area contributed by atoms with Crippen LogP contribution in [-0.2, 0) is 16.4 Å². The fourth-order valence-electron chi connectivity index (χ4n) is 1.54. The lowest BCUT2D eigenvalue weighted by Crippen LogP contribution is -2.29. The largest absolute Gasteiger partial charge is 0.250 e. The van der Waals surface area contributed by atoms with Gasteiger partial charge in [-0.15, -0.1) is 11.3 Å². The highest BCUT2D eigenvalue weighted by Crippen LogP contribution is 2.18. The van der Waals surface area contributed by atoms with Gasteiger partial charge in [0.25, 0.3) is 0 Å². The van der Waals surface area contributed by atoms with E-state index < -0.39 is 10.0 Å². The molecular formula is C12H13ClN2O2S2. The summed E-state index contributed by atoms with van der Waals surface area (Å²) in [7, 11) is -1.89. The van der Waals surface area contributed by atoms with Crippen LogP contribution < -0.4 is 0 Å². The molecule has 0 bridgehead atoms. The molecule has 0 saturated carbocycles. The minimum Gasteiger partial charge on any atom is -0.250 e. The van der Waals surface area contributed by atoms with E-state index in [0.29, 0.717) is 18.0 Å². The third kappa shape index (κ3) is 3.54. The van der Waals surface area contributed by atoms with E-state index in [4.69, 9.17) is 11.6 Å². The van der Waals surface area contributed by atoms with Crippen molar-refractivity contribution in [3.8, 4) is 0 Å². The first-order chi connectivity index (χ1) is 9.00. The number of benzene rings is 1. The second-order valence-electron chi connectivity index (χ2n) is 3.96. The summed E-state index contributed by atoms with van der Waals surface area (Å²) in [6, 6.07) is 6.17. The highest BCUT2D eigenvalue weighted by atomic mass is 35.5. The summed E-state index contributed by atoms with van der Waals surface area (Å²) in [4.78, 5) is 4.38. The van der Waals surface area contributed by atoms with Gasteiger partial charge in [-0.3, -0.25) is 0 Å². The maximum absolute atomic E-state index is 12.3. The van der Waals surface area contributed by atoms with Gasteiger partial charge in [0.2, 0.25) is 10.0 Å². The first-order valence-electron chi connectivity index (χ1n) is 5.60. The molecule has 0 spiro atoms. The van der Waals surface area contributed by atoms with Crippen molar-refractivity contribution in [2.75, 3.05) is 13.6 Å². The van der Waals surface area contributed by atoms with Crippen LogP contribution in [0.1, 0.15) is 5.01 Å². The molecule has 1 heterocycles. The van der Waals surface area contributed by atoms with Crippen molar-refractivity contribution >= 4 is 33.0 Å². The lowest BCUT2D eigenvalue weighted by molar-refractivity contribution is 0.472. The quantitative estimate of drug-likeness (QED) is 0.852. The molecule has 0 radical (unpaired) electrons. The Morgan fingerprint density at radius 1 is 1.32 bits per heavy atom. The number of rotatable bonds is 5. The molecule has 0 unspecified atom stereocenters. The van der Waals surface area contributed by atoms with E-state index in [2.05, 4.69) is 4.98 Å². The summed E-state index contributed by atoms with van der Waals surface area (Å²) >= 11 is 7.28. The van der Waals surface area contributed by atoms with Crippen molar-refractivity contribution in [3.63, 3.8) is 0 Å². The van der Waals surface area contributed by atoms with E-state index >= 15 is 0 Å². The van der Waals surface area contributed by atoms with Crippen LogP contribution in [0.15, 0.2) is 40.7 Å². The van der Waals surface area contributed by atoms with E-state index in [1.807, 2.05) is 5.38 Å². The van der Waals surface area contributed by atoms with Crippen molar-refractivity contribution in [2.24, 2.45) is 0 Å². The predicted octanol–water partition coefficient (Wildman–Crippen LogP) is 2.66. The summed E-state index contributed by atoms with van der Waals surface area (Å²) in [6.07, 6.45) is 2.33. The van der Waals surface area contributed by atoms with E-state index in [0.717, 1.165) is 5.01 Å². The van der Waals surface area contributed by atoms with Crippen LogP contribution in [-0.4, -0.2) is 31.3 Å². The minimum atomic E-state index is -3.46. The van der Waals surface area contributed by atoms with Crippen LogP contribution in [0.5, 0.6) is 0 Å². The Bertz CT molecular complexity index is 624. The van der Waals surface area contributed by atoms with Crippen molar-refractivity contribution in [2.45, 2.75) is 11.3 Å². The molecule has 0 aliphatic heterocycles. The van der Waals surface area contributed by atoms with Gasteiger partial charge in [-0.2, -0.15) is 0 Å². The van der Waals surface area contributed by atoms with Crippen molar-refractivity contribution in [1.29, 1.82) is 0 Å². The Labute approximate surface area is 121 Å². The predicted molar refractivity (Wildman–Crippen MR) is 77.1 cm³/mol. The monoisotopic (exact) mass is 316 g/mol. The standard InChI is InChI=1S/C12H13ClN2O2S2/c1-15(8-6-12-14-7-9-18-12)19(16,17)11-4-2-10(13)3-5-11/h2-5,7,9H,6,8H2,1H3. The number of halogens is 1. The summed E-state index contributed by atoms with van der Waals surface area (Å²) in [5.74, 6) is 0. The molecule has 1 aromatic carbocycles. The number of hydrogen-bond acceptors (Lipinski definition) is 4. The first-order valence-corrected chi connectivity index (χ1v) is 8.30. The van der Waals surface area contributed by atoms with Crippen LogP contribution in [0.3, 0.4) is 0 Å². The molecule has 0 atom stereocenters. The van der Waals surface area contributed by atoms with Gasteiger partial charge in [0.15, 0.2) is 0 Å². The Morgan fingerprint density at radius 3 is 2.58 bits per heavy atom. The molecule has 0 saturated heterocycles. The number of nitrogens with zero attached hydrogens (tertiary/aromatic N) is 2. The molecule has 19 heavy (non-hydrogen) atoms. The van der Waals surface area contributed by atoms with Gasteiger partial charge in [-0.1, -0.05) is 11.6 Å². The third-order valence-corrected chi connectivity index (χ3v) is 5.61. The lowest BCUT2D eigenvalue weighted by atomic mass is 10.4. The van der Waals surface area contributed by atoms with Crippen molar-refractivity contribution in [3.05, 3.63) is 45.9 Å². The molecule has 1 aromatic heterocycles. The molecular weight excluding hydrogens is 304 g/mol. The highest BCUT2D eigenvalue weighted by molar-refractivity contribution is 7.89. The molecule has 4 nitrogen and oxygen atoms in total. The van der Waals surface area contributed by atoms with Gasteiger partial charge < -0.3 is 0 Å². The highest BCUT2D eigenvalue weighted by Gasteiger charge is 2.20. The molecule has 0 amide bonds. The van der Waals surface area contributed by atoms with Crippen LogP contribution in [0.2, 0.25) is 5.02 Å². The zero-order valence-electron chi connectivity index (χ0n) is 10.3. The van der Waals surface area contributed by atoms with Crippen LogP contribution >= 0.6 is 22.9 Å². The second-order valence-corrected chi connectivity index (χ2v) is 7.42. The Balaban J connectivity index is 2.08. The molecule has 0 aliphatic carbocycles. The van der Waals surface area contributed by atoms with E-state index in [1.165, 1.54) is 27.8 Å². The van der Waals surface area contributed by atoms with Gasteiger partial charge in [-0.25, -0.2) is 17.7 Å². The van der Waals surface area contributed by atoms with Crippen LogP contribution in [0, 0.1) is 0 Å². The summed E-state index contributed by atoms with van der Waals surface area (Å²) in [6.45, 7) is 0.401. The van der Waals surface area contributed by atoms with Crippen LogP contribution in [0.4, 0.5) is 0 Å². The zero-order valence-corrected chi connectivity index (χ0v) is 12.7. The number of likely N-dealkylation sites (N-methyl/N-ethyl adjacent to an activating group) is 1. The number of aromatic nitrogens is 1. The molecule has 2 rings (SSSR count). The average molecular weight is 317 g/mol. The second kappa shape index (κ2) is 6.00. The average Bonchev–Trinajstić information content (AvgIpc) is 2.89. The topological polar surface area (TPSA) is 50.3 Å². The lowest BCUT2D eigenvalue weighted by Gasteiger charge is -2.16. The number of thiazole rings is 1. The van der Waals surface area contributed by atoms with Gasteiger partial charge >= 0.3 is 0 Å². The van der Waals surface area contributed by atoms with Gasteiger partial charge in [0.1, 0.15) is 0 Å². The zero-order chi connectivity index (χ0) is 13.9. The smallest absolute Gasteiger partial charge is 0.242 e. The SMILES string of the molecule is CN(CCc1nccs1)S(=O)(=O)c1ccc(Cl)cc1. The molecule has 2 aromatic rings. The van der Waals surface area contributed by atoms with Crippen molar-refractivity contribution in [1.82, 2.24) is 9.29 Å².